The molecule has 298 valence electrons. The van der Waals surface area contributed by atoms with E-state index in [4.69, 9.17) is 4.74 Å². The van der Waals surface area contributed by atoms with Gasteiger partial charge in [-0.15, -0.1) is 0 Å². The molecule has 1 saturated heterocycles. The number of nitrogens with one attached hydrogen (secondary N) is 4. The first-order valence-corrected chi connectivity index (χ1v) is 19.8. The lowest BCUT2D eigenvalue weighted by molar-refractivity contribution is -0.141. The Morgan fingerprint density at radius 1 is 0.943 bits per heavy atom. The van der Waals surface area contributed by atoms with E-state index in [1.54, 1.807) is 18.6 Å². The van der Waals surface area contributed by atoms with Crippen LogP contribution in [0.4, 0.5) is 22.4 Å². The summed E-state index contributed by atoms with van der Waals surface area (Å²) in [5.74, 6) is -6.32. The van der Waals surface area contributed by atoms with E-state index in [1.807, 2.05) is 13.8 Å². The van der Waals surface area contributed by atoms with Gasteiger partial charge in [-0.25, -0.2) is 35.5 Å². The smallest absolute Gasteiger partial charge is 0.407 e. The molecule has 3 rings (SSSR count). The highest BCUT2D eigenvalue weighted by Crippen LogP contribution is 2.38. The molecule has 2 fully saturated rings. The molecule has 1 aliphatic heterocycles. The molecule has 18 heteroatoms. The molecule has 1 aromatic rings. The van der Waals surface area contributed by atoms with Gasteiger partial charge in [0.05, 0.1) is 12.9 Å². The molecule has 2 aliphatic rings. The van der Waals surface area contributed by atoms with E-state index in [-0.39, 0.29) is 37.3 Å². The Morgan fingerprint density at radius 3 is 2.11 bits per heavy atom. The lowest BCUT2D eigenvalue weighted by atomic mass is 9.79. The third-order valence-electron chi connectivity index (χ3n) is 9.39. The summed E-state index contributed by atoms with van der Waals surface area (Å²) in [6.45, 7) is 7.02. The molecule has 0 spiro atoms. The Hall–Kier alpha value is -3.96. The van der Waals surface area contributed by atoms with Gasteiger partial charge < -0.3 is 25.6 Å². The minimum atomic E-state index is -4.01. The molecule has 0 bridgehead atoms. The monoisotopic (exact) mass is 777 g/mol. The number of likely N-dealkylation sites (tertiary alicyclic amines) is 1. The Morgan fingerprint density at radius 2 is 1.57 bits per heavy atom. The Kier molecular flexibility index (Phi) is 15.9. The highest BCUT2D eigenvalue weighted by molar-refractivity contribution is 7.89. The SMILES string of the molecule is CC(C)COC(=O)N[C@H](C(=O)N1C[C@H](C2CCCCC2)C[C@H]1C(=O)N[C@@H](CC(F)F)C(=O)NCCc1c(F)cc(C(=O)NS(C)(=O)=O)cc1F)C(C)C. The van der Waals surface area contributed by atoms with Crippen LogP contribution in [0.25, 0.3) is 0 Å². The number of amides is 5. The number of nitrogens with zero attached hydrogens (tertiary/aromatic N) is 1. The average Bonchev–Trinajstić information content (AvgIpc) is 3.52. The topological polar surface area (TPSA) is 180 Å². The second-order valence-corrected chi connectivity index (χ2v) is 16.4. The minimum absolute atomic E-state index is 0.0501. The molecule has 1 heterocycles. The summed E-state index contributed by atoms with van der Waals surface area (Å²) in [5, 5.41) is 7.28. The van der Waals surface area contributed by atoms with Crippen LogP contribution < -0.4 is 20.7 Å². The van der Waals surface area contributed by atoms with Crippen LogP contribution in [0.15, 0.2) is 12.1 Å². The summed E-state index contributed by atoms with van der Waals surface area (Å²) < 4.78 is 86.2. The molecule has 4 N–H and O–H groups in total. The summed E-state index contributed by atoms with van der Waals surface area (Å²) in [4.78, 5) is 66.9. The van der Waals surface area contributed by atoms with E-state index in [0.717, 1.165) is 32.1 Å². The van der Waals surface area contributed by atoms with Crippen molar-refractivity contribution in [3.63, 3.8) is 0 Å². The van der Waals surface area contributed by atoms with Gasteiger partial charge in [0.2, 0.25) is 34.2 Å². The number of rotatable bonds is 16. The van der Waals surface area contributed by atoms with Crippen LogP contribution in [0.3, 0.4) is 0 Å². The predicted octanol–water partition coefficient (Wildman–Crippen LogP) is 3.66. The standard InChI is InChI=1S/C35H51F4N5O8S/c1-19(2)18-52-35(49)42-30(20(3)4)34(48)44-17-23(21-9-7-6-8-10-21)15-28(44)33(47)41-27(16-29(38)39)32(46)40-12-11-24-25(36)13-22(14-26(24)37)31(45)43-53(5,50)51/h13-14,19-21,23,27-30H,6-12,15-18H2,1-5H3,(H,40,46)(H,41,47)(H,42,49)(H,43,45)/t23-,27+,28+,30+/m1/s1. The van der Waals surface area contributed by atoms with E-state index in [0.29, 0.717) is 18.4 Å². The van der Waals surface area contributed by atoms with Crippen LogP contribution in [0.5, 0.6) is 0 Å². The summed E-state index contributed by atoms with van der Waals surface area (Å²) in [6, 6.07) is -2.72. The van der Waals surface area contributed by atoms with Gasteiger partial charge in [0.1, 0.15) is 29.8 Å². The summed E-state index contributed by atoms with van der Waals surface area (Å²) in [6.07, 6.45) is 0.393. The number of alkyl carbamates (subject to hydrolysis) is 1. The number of ether oxygens (including phenoxy) is 1. The summed E-state index contributed by atoms with van der Waals surface area (Å²) in [5.41, 5.74) is -1.17. The molecular formula is C35H51F4N5O8S. The number of halogens is 4. The lowest BCUT2D eigenvalue weighted by Gasteiger charge is -2.31. The van der Waals surface area contributed by atoms with Crippen LogP contribution in [0, 0.1) is 35.3 Å². The van der Waals surface area contributed by atoms with Gasteiger partial charge in [-0.3, -0.25) is 19.2 Å². The fourth-order valence-corrected chi connectivity index (χ4v) is 7.18. The van der Waals surface area contributed by atoms with Crippen LogP contribution >= 0.6 is 0 Å². The van der Waals surface area contributed by atoms with Crippen molar-refractivity contribution in [3.05, 3.63) is 34.9 Å². The molecule has 4 atom stereocenters. The lowest BCUT2D eigenvalue weighted by Crippen LogP contribution is -2.57. The number of benzene rings is 1. The van der Waals surface area contributed by atoms with Gasteiger partial charge in [0.25, 0.3) is 5.91 Å². The van der Waals surface area contributed by atoms with E-state index in [2.05, 4.69) is 16.0 Å². The molecule has 0 aromatic heterocycles. The molecule has 1 aromatic carbocycles. The van der Waals surface area contributed by atoms with Gasteiger partial charge in [0, 0.05) is 30.6 Å². The van der Waals surface area contributed by atoms with E-state index >= 15 is 0 Å². The predicted molar refractivity (Wildman–Crippen MR) is 186 cm³/mol. The first-order valence-electron chi connectivity index (χ1n) is 17.9. The van der Waals surface area contributed by atoms with Crippen LogP contribution in [0.2, 0.25) is 0 Å². The zero-order valence-electron chi connectivity index (χ0n) is 30.7. The normalized spacial score (nSPS) is 19.2. The van der Waals surface area contributed by atoms with Crippen LogP contribution in [-0.4, -0.2) is 93.5 Å². The van der Waals surface area contributed by atoms with E-state index in [1.165, 1.54) is 4.90 Å². The second kappa shape index (κ2) is 19.4. The number of carbonyl (C=O) groups is 5. The first kappa shape index (κ1) is 43.4. The van der Waals surface area contributed by atoms with Crippen molar-refractivity contribution < 1.29 is 54.7 Å². The summed E-state index contributed by atoms with van der Waals surface area (Å²) in [7, 11) is -4.01. The molecular weight excluding hydrogens is 726 g/mol. The van der Waals surface area contributed by atoms with Crippen molar-refractivity contribution >= 4 is 39.7 Å². The van der Waals surface area contributed by atoms with Crippen LogP contribution in [-0.2, 0) is 35.6 Å². The fraction of sp³-hybridized carbons (Fsp3) is 0.686. The number of alkyl halides is 2. The van der Waals surface area contributed by atoms with Gasteiger partial charge in [-0.2, -0.15) is 0 Å². The molecule has 1 aliphatic carbocycles. The van der Waals surface area contributed by atoms with Gasteiger partial charge >= 0.3 is 6.09 Å². The van der Waals surface area contributed by atoms with Crippen molar-refractivity contribution in [3.8, 4) is 0 Å². The number of carbonyl (C=O) groups excluding carboxylic acids is 5. The summed E-state index contributed by atoms with van der Waals surface area (Å²) >= 11 is 0. The molecule has 5 amide bonds. The van der Waals surface area contributed by atoms with Crippen molar-refractivity contribution in [2.75, 3.05) is 26.0 Å². The number of hydrogen-bond acceptors (Lipinski definition) is 8. The highest BCUT2D eigenvalue weighted by atomic mass is 32.2. The molecule has 1 saturated carbocycles. The number of hydrogen-bond donors (Lipinski definition) is 4. The van der Waals surface area contributed by atoms with Gasteiger partial charge in [-0.05, 0) is 48.6 Å². The highest BCUT2D eigenvalue weighted by Gasteiger charge is 2.45. The van der Waals surface area contributed by atoms with Crippen molar-refractivity contribution in [1.29, 1.82) is 0 Å². The maximum atomic E-state index is 14.7. The van der Waals surface area contributed by atoms with E-state index < -0.39 is 112 Å². The largest absolute Gasteiger partial charge is 0.449 e. The minimum Gasteiger partial charge on any atom is -0.449 e. The van der Waals surface area contributed by atoms with Crippen LogP contribution in [0.1, 0.15) is 88.6 Å². The fourth-order valence-electron chi connectivity index (χ4n) is 6.72. The first-order chi connectivity index (χ1) is 24.8. The maximum absolute atomic E-state index is 14.7. The van der Waals surface area contributed by atoms with Crippen molar-refractivity contribution in [2.24, 2.45) is 23.7 Å². The van der Waals surface area contributed by atoms with Gasteiger partial charge in [0.15, 0.2) is 0 Å². The average molecular weight is 778 g/mol. The maximum Gasteiger partial charge on any atom is 0.407 e. The quantitative estimate of drug-likeness (QED) is 0.184. The molecule has 53 heavy (non-hydrogen) atoms. The third-order valence-corrected chi connectivity index (χ3v) is 9.95. The van der Waals surface area contributed by atoms with Crippen molar-refractivity contribution in [1.82, 2.24) is 25.6 Å². The Labute approximate surface area is 307 Å². The zero-order valence-corrected chi connectivity index (χ0v) is 31.5. The number of sulfonamides is 1. The Balaban J connectivity index is 1.76. The molecule has 0 unspecified atom stereocenters. The molecule has 0 radical (unpaired) electrons. The van der Waals surface area contributed by atoms with Crippen molar-refractivity contribution in [2.45, 2.75) is 104 Å². The third kappa shape index (κ3) is 13.1. The Bertz CT molecular complexity index is 1570. The van der Waals surface area contributed by atoms with Gasteiger partial charge in [-0.1, -0.05) is 59.8 Å². The van der Waals surface area contributed by atoms with E-state index in [9.17, 15) is 50.0 Å². The second-order valence-electron chi connectivity index (χ2n) is 14.6. The molecule has 13 nitrogen and oxygen atoms in total. The zero-order chi connectivity index (χ0) is 39.6.